The Morgan fingerprint density at radius 1 is 1.08 bits per heavy atom. The van der Waals surface area contributed by atoms with Gasteiger partial charge in [-0.1, -0.05) is 29.8 Å². The van der Waals surface area contributed by atoms with Gasteiger partial charge in [-0.3, -0.25) is 18.7 Å². The summed E-state index contributed by atoms with van der Waals surface area (Å²) in [6, 6.07) is 7.11. The number of nitrogens with two attached hydrogens (primary N) is 1. The molecule has 0 amide bonds. The van der Waals surface area contributed by atoms with Crippen molar-refractivity contribution in [3.05, 3.63) is 72.8 Å². The third-order valence-electron chi connectivity index (χ3n) is 6.98. The summed E-state index contributed by atoms with van der Waals surface area (Å²) in [6.07, 6.45) is 3.91. The Labute approximate surface area is 225 Å². The monoisotopic (exact) mass is 540 g/mol. The van der Waals surface area contributed by atoms with E-state index in [0.717, 1.165) is 25.0 Å². The first-order chi connectivity index (χ1) is 17.7. The van der Waals surface area contributed by atoms with E-state index < -0.39 is 11.2 Å². The first kappa shape index (κ1) is 27.3. The molecule has 1 unspecified atom stereocenters. The van der Waals surface area contributed by atoms with Crippen LogP contribution >= 0.6 is 12.4 Å². The van der Waals surface area contributed by atoms with E-state index in [2.05, 4.69) is 10.00 Å². The van der Waals surface area contributed by atoms with Crippen LogP contribution in [0.2, 0.25) is 0 Å². The number of aromatic nitrogens is 6. The molecule has 1 aliphatic heterocycles. The minimum Gasteiger partial charge on any atom is -0.341 e. The van der Waals surface area contributed by atoms with Gasteiger partial charge in [0.25, 0.3) is 11.1 Å². The van der Waals surface area contributed by atoms with Crippen LogP contribution in [0.25, 0.3) is 21.9 Å². The maximum atomic E-state index is 13.9. The predicted molar refractivity (Wildman–Crippen MR) is 151 cm³/mol. The van der Waals surface area contributed by atoms with Crippen molar-refractivity contribution in [3.63, 3.8) is 0 Å². The molecule has 0 bridgehead atoms. The van der Waals surface area contributed by atoms with Gasteiger partial charge >= 0.3 is 5.69 Å². The van der Waals surface area contributed by atoms with Gasteiger partial charge in [0.15, 0.2) is 11.2 Å². The first-order valence-electron chi connectivity index (χ1n) is 12.5. The average Bonchev–Trinajstić information content (AvgIpc) is 3.27. The van der Waals surface area contributed by atoms with Gasteiger partial charge in [0, 0.05) is 45.2 Å². The average molecular weight is 541 g/mol. The lowest BCUT2D eigenvalue weighted by Gasteiger charge is -2.31. The molecule has 0 aliphatic carbocycles. The molecular weight excluding hydrogens is 508 g/mol. The third-order valence-corrected chi connectivity index (χ3v) is 6.98. The second kappa shape index (κ2) is 10.6. The van der Waals surface area contributed by atoms with E-state index in [1.165, 1.54) is 13.8 Å². The van der Waals surface area contributed by atoms with E-state index in [4.69, 9.17) is 10.7 Å². The van der Waals surface area contributed by atoms with Gasteiger partial charge in [-0.15, -0.1) is 12.4 Å². The highest BCUT2D eigenvalue weighted by Gasteiger charge is 2.26. The Bertz CT molecular complexity index is 1730. The zero-order valence-electron chi connectivity index (χ0n) is 22.0. The van der Waals surface area contributed by atoms with E-state index in [1.807, 2.05) is 24.5 Å². The summed E-state index contributed by atoms with van der Waals surface area (Å²) >= 11 is 0. The molecule has 1 aromatic carbocycles. The molecule has 0 radical (unpaired) electrons. The lowest BCUT2D eigenvalue weighted by Crippen LogP contribution is -2.44. The highest BCUT2D eigenvalue weighted by Crippen LogP contribution is 2.23. The topological polar surface area (TPSA) is 126 Å². The van der Waals surface area contributed by atoms with Gasteiger partial charge in [0.1, 0.15) is 0 Å². The molecule has 1 aliphatic rings. The van der Waals surface area contributed by atoms with Crippen molar-refractivity contribution in [2.24, 2.45) is 19.8 Å². The van der Waals surface area contributed by atoms with Gasteiger partial charge in [-0.05, 0) is 32.8 Å². The maximum Gasteiger partial charge on any atom is 0.332 e. The number of piperidine rings is 1. The van der Waals surface area contributed by atoms with Crippen LogP contribution in [0.3, 0.4) is 0 Å². The van der Waals surface area contributed by atoms with Crippen LogP contribution in [0.5, 0.6) is 0 Å². The first-order valence-corrected chi connectivity index (χ1v) is 12.5. The number of benzene rings is 1. The van der Waals surface area contributed by atoms with Gasteiger partial charge in [-0.2, -0.15) is 10.1 Å². The van der Waals surface area contributed by atoms with Crippen LogP contribution in [0.15, 0.2) is 50.3 Å². The van der Waals surface area contributed by atoms with Crippen molar-refractivity contribution >= 4 is 40.3 Å². The van der Waals surface area contributed by atoms with Crippen LogP contribution in [0.4, 0.5) is 5.95 Å². The van der Waals surface area contributed by atoms with E-state index >= 15 is 0 Å². The van der Waals surface area contributed by atoms with Gasteiger partial charge in [0.2, 0.25) is 5.95 Å². The Kier molecular flexibility index (Phi) is 7.61. The van der Waals surface area contributed by atoms with Crippen molar-refractivity contribution in [2.75, 3.05) is 18.0 Å². The number of anilines is 1. The minimum absolute atomic E-state index is 0. The molecule has 38 heavy (non-hydrogen) atoms. The fraction of sp³-hybridized carbons (Fsp3) is 0.423. The molecule has 0 saturated carbocycles. The van der Waals surface area contributed by atoms with Crippen LogP contribution in [-0.4, -0.2) is 47.6 Å². The minimum atomic E-state index is -0.494. The lowest BCUT2D eigenvalue weighted by atomic mass is 10.1. The van der Waals surface area contributed by atoms with E-state index in [0.29, 0.717) is 46.7 Å². The fourth-order valence-corrected chi connectivity index (χ4v) is 5.02. The summed E-state index contributed by atoms with van der Waals surface area (Å²) in [6.45, 7) is 5.78. The van der Waals surface area contributed by atoms with Gasteiger partial charge in [0.05, 0.1) is 17.6 Å². The number of imidazole rings is 1. The highest BCUT2D eigenvalue weighted by atomic mass is 35.5. The Morgan fingerprint density at radius 2 is 1.79 bits per heavy atom. The van der Waals surface area contributed by atoms with Crippen LogP contribution in [0.1, 0.15) is 32.4 Å². The van der Waals surface area contributed by atoms with Gasteiger partial charge in [-0.25, -0.2) is 9.48 Å². The summed E-state index contributed by atoms with van der Waals surface area (Å²) in [5.74, 6) is 0.637. The summed E-state index contributed by atoms with van der Waals surface area (Å²) in [4.78, 5) is 46.9. The number of rotatable bonds is 5. The number of fused-ring (bicyclic) bond motifs is 2. The third kappa shape index (κ3) is 4.67. The normalized spacial score (nSPS) is 15.6. The van der Waals surface area contributed by atoms with E-state index in [-0.39, 0.29) is 30.6 Å². The molecule has 3 aromatic heterocycles. The largest absolute Gasteiger partial charge is 0.341 e. The molecule has 2 N–H and O–H groups in total. The van der Waals surface area contributed by atoms with E-state index in [9.17, 15) is 14.4 Å². The number of hydrogen-bond donors (Lipinski definition) is 1. The van der Waals surface area contributed by atoms with Crippen LogP contribution in [-0.2, 0) is 27.2 Å². The van der Waals surface area contributed by atoms with Crippen molar-refractivity contribution in [2.45, 2.75) is 45.8 Å². The molecule has 1 atom stereocenters. The predicted octanol–water partition coefficient (Wildman–Crippen LogP) is 1.51. The Morgan fingerprint density at radius 3 is 2.47 bits per heavy atom. The molecule has 1 saturated heterocycles. The summed E-state index contributed by atoms with van der Waals surface area (Å²) in [5.41, 5.74) is 7.33. The second-order valence-electron chi connectivity index (χ2n) is 9.98. The Balaban J connectivity index is 0.00000336. The van der Waals surface area contributed by atoms with Gasteiger partial charge < -0.3 is 15.2 Å². The number of nitrogens with zero attached hydrogens (tertiary/aromatic N) is 7. The number of allylic oxidation sites excluding steroid dienone is 2. The quantitative estimate of drug-likeness (QED) is 0.380. The zero-order chi connectivity index (χ0) is 26.4. The smallest absolute Gasteiger partial charge is 0.332 e. The molecular formula is C26H33ClN8O3. The summed E-state index contributed by atoms with van der Waals surface area (Å²) in [7, 11) is 3.18. The van der Waals surface area contributed by atoms with Crippen molar-refractivity contribution in [3.8, 4) is 0 Å². The molecule has 4 heterocycles. The van der Waals surface area contributed by atoms with Crippen LogP contribution < -0.4 is 27.4 Å². The maximum absolute atomic E-state index is 13.9. The molecule has 0 spiro atoms. The zero-order valence-corrected chi connectivity index (χ0v) is 22.9. The van der Waals surface area contributed by atoms with Crippen molar-refractivity contribution < 1.29 is 0 Å². The SMILES string of the molecule is CC(C)=CCn1c(N2CCCC(N)C2)nc2c1c(=O)n(Cc1nn(C)c(=O)c3ccccc13)c(=O)n2C.Cl. The number of hydrogen-bond acceptors (Lipinski definition) is 7. The molecule has 202 valence electrons. The molecule has 11 nitrogen and oxygen atoms in total. The molecule has 4 aromatic rings. The molecule has 5 rings (SSSR count). The number of aryl methyl sites for hydroxylation is 2. The van der Waals surface area contributed by atoms with E-state index in [1.54, 1.807) is 38.4 Å². The summed E-state index contributed by atoms with van der Waals surface area (Å²) < 4.78 is 5.70. The number of halogens is 1. The summed E-state index contributed by atoms with van der Waals surface area (Å²) in [5, 5.41) is 5.50. The van der Waals surface area contributed by atoms with Crippen molar-refractivity contribution in [1.82, 2.24) is 28.5 Å². The molecule has 1 fully saturated rings. The fourth-order valence-electron chi connectivity index (χ4n) is 5.02. The second-order valence-corrected chi connectivity index (χ2v) is 9.98. The van der Waals surface area contributed by atoms with Crippen LogP contribution in [0, 0.1) is 0 Å². The Hall–Kier alpha value is -3.70. The van der Waals surface area contributed by atoms with Crippen molar-refractivity contribution in [1.29, 1.82) is 0 Å². The lowest BCUT2D eigenvalue weighted by molar-refractivity contribution is 0.495. The standard InChI is InChI=1S/C26H32N8O3.ClH/c1-16(2)11-13-33-21-22(28-25(33)32-12-7-8-17(27)14-32)30(3)26(37)34(24(21)36)15-20-18-9-5-6-10-19(18)23(35)31(4)29-20;/h5-6,9-11,17H,7-8,12-15,27H2,1-4H3;1H. The molecule has 12 heteroatoms. The highest BCUT2D eigenvalue weighted by molar-refractivity contribution is 5.85.